The number of nitrogens with one attached hydrogen (secondary N) is 1. The van der Waals surface area contributed by atoms with Crippen LogP contribution < -0.4 is 11.1 Å². The molecule has 0 aliphatic heterocycles. The van der Waals surface area contributed by atoms with Gasteiger partial charge in [0.2, 0.25) is 5.91 Å². The zero-order valence-corrected chi connectivity index (χ0v) is 11.7. The highest BCUT2D eigenvalue weighted by molar-refractivity contribution is 5.76. The van der Waals surface area contributed by atoms with Crippen molar-refractivity contribution in [3.05, 3.63) is 0 Å². The van der Waals surface area contributed by atoms with E-state index in [0.29, 0.717) is 38.6 Å². The van der Waals surface area contributed by atoms with E-state index in [-0.39, 0.29) is 11.3 Å². The van der Waals surface area contributed by atoms with Crippen LogP contribution in [0.3, 0.4) is 0 Å². The minimum absolute atomic E-state index is 0.131. The van der Waals surface area contributed by atoms with E-state index in [4.69, 9.17) is 10.5 Å². The predicted molar refractivity (Wildman–Crippen MR) is 70.7 cm³/mol. The van der Waals surface area contributed by atoms with E-state index in [2.05, 4.69) is 33.0 Å². The van der Waals surface area contributed by atoms with Gasteiger partial charge in [0.05, 0.1) is 6.61 Å². The molecule has 4 heteroatoms. The molecule has 1 atom stereocenters. The first kappa shape index (κ1) is 16.4. The molecule has 0 saturated carbocycles. The fourth-order valence-electron chi connectivity index (χ4n) is 1.24. The van der Waals surface area contributed by atoms with Gasteiger partial charge in [0.15, 0.2) is 0 Å². The van der Waals surface area contributed by atoms with E-state index in [1.165, 1.54) is 0 Å². The molecule has 1 amide bonds. The Hall–Kier alpha value is -0.610. The number of amides is 1. The highest BCUT2D eigenvalue weighted by atomic mass is 16.5. The molecule has 0 heterocycles. The van der Waals surface area contributed by atoms with Crippen molar-refractivity contribution in [3.8, 4) is 0 Å². The molecule has 0 aliphatic carbocycles. The normalized spacial score (nSPS) is 13.5. The van der Waals surface area contributed by atoms with Gasteiger partial charge in [0, 0.05) is 26.1 Å². The Morgan fingerprint density at radius 1 is 1.35 bits per heavy atom. The largest absolute Gasteiger partial charge is 0.380 e. The Kier molecular flexibility index (Phi) is 8.17. The lowest BCUT2D eigenvalue weighted by molar-refractivity contribution is -0.122. The van der Waals surface area contributed by atoms with Crippen molar-refractivity contribution in [2.24, 2.45) is 17.1 Å². The molecule has 0 aromatic heterocycles. The van der Waals surface area contributed by atoms with Crippen LogP contribution in [0.2, 0.25) is 0 Å². The van der Waals surface area contributed by atoms with Crippen LogP contribution in [0.15, 0.2) is 0 Å². The third-order valence-electron chi connectivity index (χ3n) is 3.02. The average molecular weight is 244 g/mol. The van der Waals surface area contributed by atoms with Gasteiger partial charge < -0.3 is 15.8 Å². The number of carbonyl (C=O) groups excluding carboxylic acids is 1. The first-order chi connectivity index (χ1) is 7.88. The zero-order valence-electron chi connectivity index (χ0n) is 11.7. The zero-order chi connectivity index (χ0) is 13.3. The van der Waals surface area contributed by atoms with Crippen molar-refractivity contribution >= 4 is 5.91 Å². The first-order valence-electron chi connectivity index (χ1n) is 6.42. The molecule has 0 rings (SSSR count). The van der Waals surface area contributed by atoms with Crippen molar-refractivity contribution < 1.29 is 9.53 Å². The summed E-state index contributed by atoms with van der Waals surface area (Å²) in [6.45, 7) is 11.1. The van der Waals surface area contributed by atoms with E-state index < -0.39 is 0 Å². The van der Waals surface area contributed by atoms with Crippen molar-refractivity contribution in [1.82, 2.24) is 5.32 Å². The van der Waals surface area contributed by atoms with Crippen molar-refractivity contribution in [3.63, 3.8) is 0 Å². The minimum Gasteiger partial charge on any atom is -0.380 e. The maximum absolute atomic E-state index is 11.6. The van der Waals surface area contributed by atoms with Gasteiger partial charge in [0.25, 0.3) is 0 Å². The second kappa shape index (κ2) is 8.48. The SMILES string of the molecule is CC(CC(=O)NCCCOCCN)C(C)(C)C. The summed E-state index contributed by atoms with van der Waals surface area (Å²) in [5.41, 5.74) is 5.47. The molecule has 17 heavy (non-hydrogen) atoms. The van der Waals surface area contributed by atoms with Crippen molar-refractivity contribution in [2.45, 2.75) is 40.5 Å². The molecule has 0 bridgehead atoms. The smallest absolute Gasteiger partial charge is 0.220 e. The number of hydrogen-bond donors (Lipinski definition) is 2. The second-order valence-corrected chi connectivity index (χ2v) is 5.58. The Bertz CT molecular complexity index is 212. The van der Waals surface area contributed by atoms with E-state index in [9.17, 15) is 4.79 Å². The summed E-state index contributed by atoms with van der Waals surface area (Å²) in [5.74, 6) is 0.516. The number of nitrogens with two attached hydrogens (primary N) is 1. The highest BCUT2D eigenvalue weighted by Gasteiger charge is 2.22. The van der Waals surface area contributed by atoms with E-state index in [1.807, 2.05) is 0 Å². The monoisotopic (exact) mass is 244 g/mol. The molecular weight excluding hydrogens is 216 g/mol. The molecule has 3 N–H and O–H groups in total. The lowest BCUT2D eigenvalue weighted by atomic mass is 9.80. The van der Waals surface area contributed by atoms with Gasteiger partial charge in [-0.15, -0.1) is 0 Å². The van der Waals surface area contributed by atoms with Gasteiger partial charge in [-0.25, -0.2) is 0 Å². The van der Waals surface area contributed by atoms with E-state index >= 15 is 0 Å². The second-order valence-electron chi connectivity index (χ2n) is 5.58. The van der Waals surface area contributed by atoms with E-state index in [0.717, 1.165) is 6.42 Å². The quantitative estimate of drug-likeness (QED) is 0.637. The van der Waals surface area contributed by atoms with Crippen LogP contribution in [0.25, 0.3) is 0 Å². The average Bonchev–Trinajstić information content (AvgIpc) is 2.21. The fraction of sp³-hybridized carbons (Fsp3) is 0.923. The first-order valence-corrected chi connectivity index (χ1v) is 6.42. The number of ether oxygens (including phenoxy) is 1. The molecule has 1 unspecified atom stereocenters. The molecule has 0 saturated heterocycles. The number of carbonyl (C=O) groups is 1. The van der Waals surface area contributed by atoms with E-state index in [1.54, 1.807) is 0 Å². The van der Waals surface area contributed by atoms with Gasteiger partial charge in [-0.3, -0.25) is 4.79 Å². The molecule has 0 radical (unpaired) electrons. The standard InChI is InChI=1S/C13H28N2O2/c1-11(13(2,3)4)10-12(16)15-7-5-8-17-9-6-14/h11H,5-10,14H2,1-4H3,(H,15,16). The minimum atomic E-state index is 0.131. The van der Waals surface area contributed by atoms with Crippen LogP contribution in [0.4, 0.5) is 0 Å². The van der Waals surface area contributed by atoms with Crippen LogP contribution in [-0.2, 0) is 9.53 Å². The summed E-state index contributed by atoms with van der Waals surface area (Å²) in [6, 6.07) is 0. The van der Waals surface area contributed by atoms with Crippen LogP contribution in [0.1, 0.15) is 40.5 Å². The highest BCUT2D eigenvalue weighted by Crippen LogP contribution is 2.27. The lowest BCUT2D eigenvalue weighted by Crippen LogP contribution is -2.30. The third-order valence-corrected chi connectivity index (χ3v) is 3.02. The topological polar surface area (TPSA) is 64.3 Å². The summed E-state index contributed by atoms with van der Waals surface area (Å²) in [5, 5.41) is 2.91. The summed E-state index contributed by atoms with van der Waals surface area (Å²) >= 11 is 0. The van der Waals surface area contributed by atoms with Crippen LogP contribution in [0.5, 0.6) is 0 Å². The molecule has 0 aliphatic rings. The summed E-state index contributed by atoms with van der Waals surface area (Å²) < 4.78 is 5.22. The summed E-state index contributed by atoms with van der Waals surface area (Å²) in [4.78, 5) is 11.6. The maximum atomic E-state index is 11.6. The fourth-order valence-corrected chi connectivity index (χ4v) is 1.24. The van der Waals surface area contributed by atoms with Crippen LogP contribution >= 0.6 is 0 Å². The van der Waals surface area contributed by atoms with Crippen molar-refractivity contribution in [2.75, 3.05) is 26.3 Å². The Balaban J connectivity index is 3.53. The molecule has 0 aromatic rings. The molecular formula is C13H28N2O2. The van der Waals surface area contributed by atoms with Gasteiger partial charge in [-0.05, 0) is 17.8 Å². The predicted octanol–water partition coefficient (Wildman–Crippen LogP) is 1.54. The molecule has 0 fully saturated rings. The van der Waals surface area contributed by atoms with Gasteiger partial charge in [0.1, 0.15) is 0 Å². The molecule has 0 aromatic carbocycles. The summed E-state index contributed by atoms with van der Waals surface area (Å²) in [7, 11) is 0. The van der Waals surface area contributed by atoms with Crippen LogP contribution in [-0.4, -0.2) is 32.2 Å². The molecule has 0 spiro atoms. The van der Waals surface area contributed by atoms with Gasteiger partial charge in [-0.2, -0.15) is 0 Å². The Morgan fingerprint density at radius 2 is 2.00 bits per heavy atom. The summed E-state index contributed by atoms with van der Waals surface area (Å²) in [6.07, 6.45) is 1.43. The molecule has 4 nitrogen and oxygen atoms in total. The molecule has 102 valence electrons. The lowest BCUT2D eigenvalue weighted by Gasteiger charge is -2.26. The Labute approximate surface area is 105 Å². The number of rotatable bonds is 8. The van der Waals surface area contributed by atoms with Crippen LogP contribution in [0, 0.1) is 11.3 Å². The number of hydrogen-bond acceptors (Lipinski definition) is 3. The maximum Gasteiger partial charge on any atom is 0.220 e. The Morgan fingerprint density at radius 3 is 2.53 bits per heavy atom. The third kappa shape index (κ3) is 9.12. The van der Waals surface area contributed by atoms with Crippen molar-refractivity contribution in [1.29, 1.82) is 0 Å². The van der Waals surface area contributed by atoms with Gasteiger partial charge in [-0.1, -0.05) is 27.7 Å². The van der Waals surface area contributed by atoms with Gasteiger partial charge >= 0.3 is 0 Å².